The highest BCUT2D eigenvalue weighted by atomic mass is 16.1. The SMILES string of the molecule is Cc1nc(C)c(C(C)NCCC(C)C)c(=O)[nH]1. The number of aromatic amines is 1. The molecule has 0 aliphatic heterocycles. The van der Waals surface area contributed by atoms with Gasteiger partial charge >= 0.3 is 0 Å². The number of aromatic nitrogens is 2. The summed E-state index contributed by atoms with van der Waals surface area (Å²) in [5.74, 6) is 1.34. The van der Waals surface area contributed by atoms with Crippen LogP contribution in [-0.2, 0) is 0 Å². The van der Waals surface area contributed by atoms with Crippen LogP contribution in [-0.4, -0.2) is 16.5 Å². The van der Waals surface area contributed by atoms with Crippen molar-refractivity contribution in [2.45, 2.75) is 47.1 Å². The van der Waals surface area contributed by atoms with Gasteiger partial charge in [0, 0.05) is 11.7 Å². The molecule has 2 N–H and O–H groups in total. The second kappa shape index (κ2) is 5.96. The van der Waals surface area contributed by atoms with Gasteiger partial charge in [0.2, 0.25) is 0 Å². The fourth-order valence-corrected chi connectivity index (χ4v) is 1.94. The zero-order valence-electron chi connectivity index (χ0n) is 11.4. The first-order valence-corrected chi connectivity index (χ1v) is 6.22. The number of nitrogens with zero attached hydrogens (tertiary/aromatic N) is 1. The van der Waals surface area contributed by atoms with Crippen molar-refractivity contribution >= 4 is 0 Å². The minimum absolute atomic E-state index is 0.0282. The average Bonchev–Trinajstić information content (AvgIpc) is 2.14. The second-order valence-corrected chi connectivity index (χ2v) is 5.01. The smallest absolute Gasteiger partial charge is 0.255 e. The van der Waals surface area contributed by atoms with Gasteiger partial charge in [0.05, 0.1) is 5.56 Å². The summed E-state index contributed by atoms with van der Waals surface area (Å²) >= 11 is 0. The van der Waals surface area contributed by atoms with Crippen LogP contribution in [0.25, 0.3) is 0 Å². The molecule has 1 rings (SSSR count). The molecule has 0 aromatic carbocycles. The molecule has 1 atom stereocenters. The normalized spacial score (nSPS) is 13.1. The zero-order valence-corrected chi connectivity index (χ0v) is 11.4. The molecule has 1 aromatic rings. The Morgan fingerprint density at radius 2 is 1.94 bits per heavy atom. The van der Waals surface area contributed by atoms with Gasteiger partial charge in [-0.3, -0.25) is 4.79 Å². The van der Waals surface area contributed by atoms with Crippen LogP contribution in [0.1, 0.15) is 50.3 Å². The topological polar surface area (TPSA) is 57.8 Å². The van der Waals surface area contributed by atoms with E-state index in [1.165, 1.54) is 0 Å². The molecule has 0 amide bonds. The molecule has 0 radical (unpaired) electrons. The van der Waals surface area contributed by atoms with E-state index in [1.807, 2.05) is 13.8 Å². The van der Waals surface area contributed by atoms with E-state index < -0.39 is 0 Å². The second-order valence-electron chi connectivity index (χ2n) is 5.01. The first-order valence-electron chi connectivity index (χ1n) is 6.22. The Kier molecular flexibility index (Phi) is 4.87. The van der Waals surface area contributed by atoms with Crippen LogP contribution in [0.4, 0.5) is 0 Å². The molecule has 0 bridgehead atoms. The number of aryl methyl sites for hydroxylation is 2. The molecule has 1 unspecified atom stereocenters. The van der Waals surface area contributed by atoms with Crippen LogP contribution in [0.5, 0.6) is 0 Å². The van der Waals surface area contributed by atoms with Crippen molar-refractivity contribution in [1.82, 2.24) is 15.3 Å². The minimum Gasteiger partial charge on any atom is -0.310 e. The maximum absolute atomic E-state index is 11.9. The highest BCUT2D eigenvalue weighted by Crippen LogP contribution is 2.11. The molecular weight excluding hydrogens is 214 g/mol. The first-order chi connectivity index (χ1) is 7.91. The van der Waals surface area contributed by atoms with E-state index in [9.17, 15) is 4.79 Å². The molecule has 1 aromatic heterocycles. The van der Waals surface area contributed by atoms with Crippen LogP contribution >= 0.6 is 0 Å². The Balaban J connectivity index is 2.75. The van der Waals surface area contributed by atoms with E-state index in [0.717, 1.165) is 24.2 Å². The Hall–Kier alpha value is -1.16. The molecule has 4 nitrogen and oxygen atoms in total. The van der Waals surface area contributed by atoms with Gasteiger partial charge < -0.3 is 10.3 Å². The molecule has 0 saturated heterocycles. The third-order valence-corrected chi connectivity index (χ3v) is 2.87. The molecular formula is C13H23N3O. The van der Waals surface area contributed by atoms with Crippen molar-refractivity contribution in [1.29, 1.82) is 0 Å². The third kappa shape index (κ3) is 3.97. The largest absolute Gasteiger partial charge is 0.310 e. The third-order valence-electron chi connectivity index (χ3n) is 2.87. The van der Waals surface area contributed by atoms with Gasteiger partial charge in [0.1, 0.15) is 5.82 Å². The van der Waals surface area contributed by atoms with Crippen molar-refractivity contribution in [3.05, 3.63) is 27.4 Å². The summed E-state index contributed by atoms with van der Waals surface area (Å²) < 4.78 is 0. The van der Waals surface area contributed by atoms with Gasteiger partial charge in [-0.1, -0.05) is 13.8 Å². The van der Waals surface area contributed by atoms with Crippen molar-refractivity contribution < 1.29 is 0 Å². The summed E-state index contributed by atoms with van der Waals surface area (Å²) in [6.45, 7) is 11.0. The molecule has 0 fully saturated rings. The lowest BCUT2D eigenvalue weighted by molar-refractivity contribution is 0.492. The van der Waals surface area contributed by atoms with Crippen molar-refractivity contribution in [3.8, 4) is 0 Å². The van der Waals surface area contributed by atoms with E-state index in [1.54, 1.807) is 6.92 Å². The predicted octanol–water partition coefficient (Wildman–Crippen LogP) is 2.08. The van der Waals surface area contributed by atoms with E-state index in [2.05, 4.69) is 29.1 Å². The van der Waals surface area contributed by atoms with Gasteiger partial charge in [-0.25, -0.2) is 4.98 Å². The van der Waals surface area contributed by atoms with Gasteiger partial charge in [-0.2, -0.15) is 0 Å². The first kappa shape index (κ1) is 13.9. The molecule has 0 spiro atoms. The standard InChI is InChI=1S/C13H23N3O/c1-8(2)6-7-14-9(3)12-10(4)15-11(5)16-13(12)17/h8-9,14H,6-7H2,1-5H3,(H,15,16,17). The summed E-state index contributed by atoms with van der Waals surface area (Å²) in [5, 5.41) is 3.37. The Labute approximate surface area is 103 Å². The quantitative estimate of drug-likeness (QED) is 0.824. The lowest BCUT2D eigenvalue weighted by Gasteiger charge is -2.16. The molecule has 96 valence electrons. The highest BCUT2D eigenvalue weighted by molar-refractivity contribution is 5.19. The van der Waals surface area contributed by atoms with Gasteiger partial charge in [-0.15, -0.1) is 0 Å². The van der Waals surface area contributed by atoms with Crippen molar-refractivity contribution in [3.63, 3.8) is 0 Å². The fourth-order valence-electron chi connectivity index (χ4n) is 1.94. The lowest BCUT2D eigenvalue weighted by atomic mass is 10.1. The number of hydrogen-bond donors (Lipinski definition) is 2. The maximum Gasteiger partial charge on any atom is 0.255 e. The predicted molar refractivity (Wildman–Crippen MR) is 70.2 cm³/mol. The number of H-pyrrole nitrogens is 1. The average molecular weight is 237 g/mol. The molecule has 0 aliphatic rings. The number of rotatable bonds is 5. The van der Waals surface area contributed by atoms with Crippen LogP contribution in [0.3, 0.4) is 0 Å². The van der Waals surface area contributed by atoms with E-state index >= 15 is 0 Å². The van der Waals surface area contributed by atoms with Crippen LogP contribution in [0.15, 0.2) is 4.79 Å². The Bertz CT molecular complexity index is 423. The van der Waals surface area contributed by atoms with E-state index in [0.29, 0.717) is 11.7 Å². The molecule has 4 heteroatoms. The summed E-state index contributed by atoms with van der Waals surface area (Å²) in [6, 6.07) is 0.0469. The maximum atomic E-state index is 11.9. The van der Waals surface area contributed by atoms with Crippen LogP contribution in [0.2, 0.25) is 0 Å². The Morgan fingerprint density at radius 3 is 2.47 bits per heavy atom. The summed E-state index contributed by atoms with van der Waals surface area (Å²) in [6.07, 6.45) is 1.11. The number of nitrogens with one attached hydrogen (secondary N) is 2. The highest BCUT2D eigenvalue weighted by Gasteiger charge is 2.13. The van der Waals surface area contributed by atoms with Crippen molar-refractivity contribution in [2.24, 2.45) is 5.92 Å². The fraction of sp³-hybridized carbons (Fsp3) is 0.692. The summed E-state index contributed by atoms with van der Waals surface area (Å²) in [4.78, 5) is 18.9. The van der Waals surface area contributed by atoms with Gasteiger partial charge in [0.25, 0.3) is 5.56 Å². The Morgan fingerprint density at radius 1 is 1.29 bits per heavy atom. The zero-order chi connectivity index (χ0) is 13.0. The van der Waals surface area contributed by atoms with Crippen molar-refractivity contribution in [2.75, 3.05) is 6.54 Å². The van der Waals surface area contributed by atoms with Crippen LogP contribution < -0.4 is 10.9 Å². The van der Waals surface area contributed by atoms with E-state index in [4.69, 9.17) is 0 Å². The summed E-state index contributed by atoms with van der Waals surface area (Å²) in [5.41, 5.74) is 1.54. The molecule has 0 aliphatic carbocycles. The minimum atomic E-state index is -0.0282. The lowest BCUT2D eigenvalue weighted by Crippen LogP contribution is -2.29. The van der Waals surface area contributed by atoms with Gasteiger partial charge in [-0.05, 0) is 39.7 Å². The summed E-state index contributed by atoms with van der Waals surface area (Å²) in [7, 11) is 0. The van der Waals surface area contributed by atoms with E-state index in [-0.39, 0.29) is 11.6 Å². The number of hydrogen-bond acceptors (Lipinski definition) is 3. The van der Waals surface area contributed by atoms with Crippen LogP contribution in [0, 0.1) is 19.8 Å². The monoisotopic (exact) mass is 237 g/mol. The van der Waals surface area contributed by atoms with Gasteiger partial charge in [0.15, 0.2) is 0 Å². The molecule has 17 heavy (non-hydrogen) atoms. The molecule has 0 saturated carbocycles. The molecule has 1 heterocycles.